The summed E-state index contributed by atoms with van der Waals surface area (Å²) in [5, 5.41) is 4.11. The number of benzene rings is 1. The molecule has 0 aliphatic carbocycles. The molecule has 1 fully saturated rings. The van der Waals surface area contributed by atoms with Gasteiger partial charge in [0.1, 0.15) is 0 Å². The molecular formula is C17H20N4OS. The van der Waals surface area contributed by atoms with Gasteiger partial charge in [0, 0.05) is 23.9 Å². The Morgan fingerprint density at radius 1 is 1.30 bits per heavy atom. The quantitative estimate of drug-likeness (QED) is 0.886. The number of anilines is 1. The van der Waals surface area contributed by atoms with Gasteiger partial charge in [-0.1, -0.05) is 30.3 Å². The van der Waals surface area contributed by atoms with E-state index in [-0.39, 0.29) is 18.0 Å². The molecule has 0 unspecified atom stereocenters. The minimum Gasteiger partial charge on any atom is -0.375 e. The Kier molecular flexibility index (Phi) is 3.79. The van der Waals surface area contributed by atoms with Crippen molar-refractivity contribution in [3.05, 3.63) is 46.5 Å². The lowest BCUT2D eigenvalue weighted by molar-refractivity contribution is -0.134. The molecule has 3 N–H and O–H groups in total. The van der Waals surface area contributed by atoms with E-state index in [1.165, 1.54) is 16.9 Å². The van der Waals surface area contributed by atoms with Crippen LogP contribution in [0.3, 0.4) is 0 Å². The van der Waals surface area contributed by atoms with E-state index in [0.717, 1.165) is 36.4 Å². The van der Waals surface area contributed by atoms with Crippen LogP contribution in [0.2, 0.25) is 0 Å². The Morgan fingerprint density at radius 3 is 2.96 bits per heavy atom. The van der Waals surface area contributed by atoms with Crippen molar-refractivity contribution >= 4 is 22.4 Å². The first-order valence-corrected chi connectivity index (χ1v) is 8.86. The number of carbonyl (C=O) groups is 1. The molecule has 2 aliphatic heterocycles. The lowest BCUT2D eigenvalue weighted by Crippen LogP contribution is -2.45. The third-order valence-corrected chi connectivity index (χ3v) is 5.62. The number of nitrogens with two attached hydrogens (primary N) is 1. The zero-order chi connectivity index (χ0) is 15.8. The first-order chi connectivity index (χ1) is 11.2. The van der Waals surface area contributed by atoms with Gasteiger partial charge in [-0.15, -0.1) is 11.3 Å². The number of amides is 1. The standard InChI is InChI=1S/C17H20N4OS/c18-17-20-13-8-9-21(10-15(13)23-17)16(22)14-7-6-12(19-14)11-4-2-1-3-5-11/h1-5,12,14,19H,6-10H2,(H2,18,20)/t12-,14-/m1/s1. The molecule has 1 saturated heterocycles. The SMILES string of the molecule is Nc1nc2c(s1)CN(C(=O)[C@H]1CC[C@H](c3ccccc3)N1)CC2. The molecule has 1 aromatic carbocycles. The number of nitrogen functional groups attached to an aromatic ring is 1. The summed E-state index contributed by atoms with van der Waals surface area (Å²) in [5.41, 5.74) is 8.11. The number of aromatic nitrogens is 1. The molecule has 2 aromatic rings. The monoisotopic (exact) mass is 328 g/mol. The van der Waals surface area contributed by atoms with E-state index < -0.39 is 0 Å². The molecule has 23 heavy (non-hydrogen) atoms. The highest BCUT2D eigenvalue weighted by atomic mass is 32.1. The van der Waals surface area contributed by atoms with Crippen LogP contribution < -0.4 is 11.1 Å². The van der Waals surface area contributed by atoms with Gasteiger partial charge >= 0.3 is 0 Å². The van der Waals surface area contributed by atoms with E-state index in [1.54, 1.807) is 0 Å². The molecule has 2 aliphatic rings. The maximum Gasteiger partial charge on any atom is 0.240 e. The summed E-state index contributed by atoms with van der Waals surface area (Å²) in [7, 11) is 0. The summed E-state index contributed by atoms with van der Waals surface area (Å²) < 4.78 is 0. The number of carbonyl (C=O) groups excluding carboxylic acids is 1. The summed E-state index contributed by atoms with van der Waals surface area (Å²) in [6.45, 7) is 1.39. The molecule has 3 heterocycles. The van der Waals surface area contributed by atoms with Crippen molar-refractivity contribution in [3.8, 4) is 0 Å². The number of rotatable bonds is 2. The molecule has 0 spiro atoms. The van der Waals surface area contributed by atoms with Gasteiger partial charge in [0.15, 0.2) is 5.13 Å². The van der Waals surface area contributed by atoms with Crippen LogP contribution in [-0.4, -0.2) is 28.4 Å². The molecule has 4 rings (SSSR count). The normalized spacial score (nSPS) is 23.7. The van der Waals surface area contributed by atoms with E-state index in [2.05, 4.69) is 22.4 Å². The maximum atomic E-state index is 12.8. The topological polar surface area (TPSA) is 71.2 Å². The van der Waals surface area contributed by atoms with Crippen LogP contribution in [0.15, 0.2) is 30.3 Å². The molecule has 1 amide bonds. The van der Waals surface area contributed by atoms with Gasteiger partial charge in [-0.05, 0) is 18.4 Å². The summed E-state index contributed by atoms with van der Waals surface area (Å²) in [6.07, 6.45) is 2.71. The summed E-state index contributed by atoms with van der Waals surface area (Å²) in [5.74, 6) is 0.209. The minimum absolute atomic E-state index is 0.0768. The molecule has 6 heteroatoms. The van der Waals surface area contributed by atoms with Gasteiger partial charge in [-0.25, -0.2) is 4.98 Å². The Labute approximate surface area is 139 Å². The Hall–Kier alpha value is -1.92. The summed E-state index contributed by atoms with van der Waals surface area (Å²) in [4.78, 5) is 20.2. The van der Waals surface area contributed by atoms with Crippen molar-refractivity contribution < 1.29 is 4.79 Å². The van der Waals surface area contributed by atoms with Crippen LogP contribution in [0.25, 0.3) is 0 Å². The summed E-state index contributed by atoms with van der Waals surface area (Å²) >= 11 is 1.50. The number of nitrogens with zero attached hydrogens (tertiary/aromatic N) is 2. The first-order valence-electron chi connectivity index (χ1n) is 8.04. The highest BCUT2D eigenvalue weighted by Crippen LogP contribution is 2.30. The number of hydrogen-bond donors (Lipinski definition) is 2. The molecule has 120 valence electrons. The third-order valence-electron chi connectivity index (χ3n) is 4.71. The fourth-order valence-electron chi connectivity index (χ4n) is 3.51. The van der Waals surface area contributed by atoms with E-state index in [1.807, 2.05) is 23.1 Å². The second-order valence-electron chi connectivity index (χ2n) is 6.19. The lowest BCUT2D eigenvalue weighted by Gasteiger charge is -2.29. The third kappa shape index (κ3) is 2.84. The van der Waals surface area contributed by atoms with Crippen LogP contribution in [0, 0.1) is 0 Å². The zero-order valence-corrected chi connectivity index (χ0v) is 13.7. The fourth-order valence-corrected chi connectivity index (χ4v) is 4.40. The number of nitrogens with one attached hydrogen (secondary N) is 1. The zero-order valence-electron chi connectivity index (χ0n) is 12.9. The van der Waals surface area contributed by atoms with Gasteiger partial charge < -0.3 is 10.6 Å². The van der Waals surface area contributed by atoms with Crippen molar-refractivity contribution in [2.45, 2.75) is 37.9 Å². The highest BCUT2D eigenvalue weighted by molar-refractivity contribution is 7.15. The van der Waals surface area contributed by atoms with Gasteiger partial charge in [0.25, 0.3) is 0 Å². The predicted molar refractivity (Wildman–Crippen MR) is 91.0 cm³/mol. The van der Waals surface area contributed by atoms with E-state index >= 15 is 0 Å². The van der Waals surface area contributed by atoms with Crippen LogP contribution in [0.5, 0.6) is 0 Å². The molecule has 0 radical (unpaired) electrons. The number of fused-ring (bicyclic) bond motifs is 1. The molecule has 0 bridgehead atoms. The summed E-state index contributed by atoms with van der Waals surface area (Å²) in [6, 6.07) is 10.6. The fraction of sp³-hybridized carbons (Fsp3) is 0.412. The van der Waals surface area contributed by atoms with Crippen LogP contribution in [0.1, 0.15) is 35.0 Å². The molecule has 2 atom stereocenters. The maximum absolute atomic E-state index is 12.8. The van der Waals surface area contributed by atoms with Crippen LogP contribution in [0.4, 0.5) is 5.13 Å². The van der Waals surface area contributed by atoms with Crippen molar-refractivity contribution in [2.75, 3.05) is 12.3 Å². The number of hydrogen-bond acceptors (Lipinski definition) is 5. The van der Waals surface area contributed by atoms with Gasteiger partial charge in [-0.3, -0.25) is 10.1 Å². The molecule has 5 nitrogen and oxygen atoms in total. The van der Waals surface area contributed by atoms with Crippen molar-refractivity contribution in [1.82, 2.24) is 15.2 Å². The predicted octanol–water partition coefficient (Wildman–Crippen LogP) is 2.10. The van der Waals surface area contributed by atoms with E-state index in [9.17, 15) is 4.79 Å². The average Bonchev–Trinajstić information content (AvgIpc) is 3.20. The Balaban J connectivity index is 1.42. The minimum atomic E-state index is -0.0768. The molecular weight excluding hydrogens is 308 g/mol. The smallest absolute Gasteiger partial charge is 0.240 e. The van der Waals surface area contributed by atoms with Crippen LogP contribution in [-0.2, 0) is 17.8 Å². The Bertz CT molecular complexity index is 715. The van der Waals surface area contributed by atoms with E-state index in [4.69, 9.17) is 5.73 Å². The Morgan fingerprint density at radius 2 is 2.13 bits per heavy atom. The molecule has 1 aromatic heterocycles. The van der Waals surface area contributed by atoms with Crippen molar-refractivity contribution in [1.29, 1.82) is 0 Å². The van der Waals surface area contributed by atoms with Gasteiger partial charge in [-0.2, -0.15) is 0 Å². The van der Waals surface area contributed by atoms with Crippen molar-refractivity contribution in [3.63, 3.8) is 0 Å². The van der Waals surface area contributed by atoms with Crippen LogP contribution >= 0.6 is 11.3 Å². The van der Waals surface area contributed by atoms with Crippen molar-refractivity contribution in [2.24, 2.45) is 0 Å². The highest BCUT2D eigenvalue weighted by Gasteiger charge is 2.34. The first kappa shape index (κ1) is 14.7. The second kappa shape index (κ2) is 5.94. The average molecular weight is 328 g/mol. The van der Waals surface area contributed by atoms with Gasteiger partial charge in [0.2, 0.25) is 5.91 Å². The van der Waals surface area contributed by atoms with E-state index in [0.29, 0.717) is 11.7 Å². The second-order valence-corrected chi connectivity index (χ2v) is 7.31. The largest absolute Gasteiger partial charge is 0.375 e. The molecule has 0 saturated carbocycles. The lowest BCUT2D eigenvalue weighted by atomic mass is 10.1. The number of thiazole rings is 1. The van der Waals surface area contributed by atoms with Gasteiger partial charge in [0.05, 0.1) is 18.3 Å².